The zero-order chi connectivity index (χ0) is 12.3. The minimum Gasteiger partial charge on any atom is -0.343 e. The second-order valence-corrected chi connectivity index (χ2v) is 5.83. The lowest BCUT2D eigenvalue weighted by Gasteiger charge is -2.07. The maximum absolute atomic E-state index is 12.4. The van der Waals surface area contributed by atoms with Crippen LogP contribution in [0.15, 0.2) is 42.6 Å². The van der Waals surface area contributed by atoms with Crippen LogP contribution in [0.25, 0.3) is 0 Å². The van der Waals surface area contributed by atoms with Crippen LogP contribution in [0.5, 0.6) is 0 Å². The van der Waals surface area contributed by atoms with Gasteiger partial charge in [-0.05, 0) is 28.7 Å². The van der Waals surface area contributed by atoms with E-state index in [0.29, 0.717) is 0 Å². The van der Waals surface area contributed by atoms with Crippen LogP contribution in [0.2, 0.25) is 0 Å². The Bertz CT molecular complexity index is 519. The van der Waals surface area contributed by atoms with Crippen LogP contribution in [0.3, 0.4) is 0 Å². The molecule has 0 N–H and O–H groups in total. The van der Waals surface area contributed by atoms with Gasteiger partial charge in [0, 0.05) is 26.3 Å². The molecule has 0 fully saturated rings. The summed E-state index contributed by atoms with van der Waals surface area (Å²) in [5, 5.41) is 0. The van der Waals surface area contributed by atoms with Crippen LogP contribution in [-0.4, -0.2) is 14.8 Å². The molecular formula is C13H11I2NO. The SMILES string of the molecule is O=C(c1ccccc1)c1c(I)ccn1CCI. The Balaban J connectivity index is 2.40. The molecule has 0 spiro atoms. The fourth-order valence-corrected chi connectivity index (χ4v) is 2.92. The molecule has 0 unspecified atom stereocenters. The monoisotopic (exact) mass is 451 g/mol. The molecule has 2 aromatic rings. The molecular weight excluding hydrogens is 440 g/mol. The Morgan fingerprint density at radius 1 is 1.18 bits per heavy atom. The molecule has 0 saturated heterocycles. The van der Waals surface area contributed by atoms with Crippen LogP contribution >= 0.6 is 45.2 Å². The van der Waals surface area contributed by atoms with E-state index in [4.69, 9.17) is 0 Å². The third-order valence-corrected chi connectivity index (χ3v) is 3.84. The van der Waals surface area contributed by atoms with E-state index in [1.165, 1.54) is 0 Å². The van der Waals surface area contributed by atoms with Crippen LogP contribution in [0, 0.1) is 3.57 Å². The van der Waals surface area contributed by atoms with Crippen LogP contribution in [0.1, 0.15) is 16.1 Å². The molecule has 17 heavy (non-hydrogen) atoms. The Kier molecular flexibility index (Phi) is 4.61. The number of aromatic nitrogens is 1. The van der Waals surface area contributed by atoms with Crippen LogP contribution in [0.4, 0.5) is 0 Å². The number of alkyl halides is 1. The van der Waals surface area contributed by atoms with Crippen LogP contribution in [-0.2, 0) is 6.54 Å². The molecule has 2 nitrogen and oxygen atoms in total. The highest BCUT2D eigenvalue weighted by Crippen LogP contribution is 2.18. The summed E-state index contributed by atoms with van der Waals surface area (Å²) >= 11 is 4.54. The fraction of sp³-hybridized carbons (Fsp3) is 0.154. The Hall–Kier alpha value is -0.370. The largest absolute Gasteiger partial charge is 0.343 e. The van der Waals surface area contributed by atoms with Crippen LogP contribution < -0.4 is 0 Å². The lowest BCUT2D eigenvalue weighted by atomic mass is 10.1. The molecule has 0 atom stereocenters. The van der Waals surface area contributed by atoms with Crippen molar-refractivity contribution in [2.45, 2.75) is 6.54 Å². The molecule has 1 aromatic carbocycles. The van der Waals surface area contributed by atoms with Gasteiger partial charge in [-0.3, -0.25) is 4.79 Å². The van der Waals surface area contributed by atoms with Crippen molar-refractivity contribution in [1.82, 2.24) is 4.57 Å². The molecule has 0 amide bonds. The fourth-order valence-electron chi connectivity index (χ4n) is 1.69. The van der Waals surface area contributed by atoms with E-state index < -0.39 is 0 Å². The predicted molar refractivity (Wildman–Crippen MR) is 85.9 cm³/mol. The first-order chi connectivity index (χ1) is 8.24. The lowest BCUT2D eigenvalue weighted by Crippen LogP contribution is -2.11. The normalized spacial score (nSPS) is 10.5. The molecule has 0 saturated carbocycles. The molecule has 0 aliphatic rings. The maximum Gasteiger partial charge on any atom is 0.210 e. The van der Waals surface area contributed by atoms with Crippen molar-refractivity contribution < 1.29 is 4.79 Å². The third kappa shape index (κ3) is 2.90. The van der Waals surface area contributed by atoms with Gasteiger partial charge < -0.3 is 4.57 Å². The average Bonchev–Trinajstić information content (AvgIpc) is 2.71. The van der Waals surface area contributed by atoms with E-state index in [-0.39, 0.29) is 5.78 Å². The van der Waals surface area contributed by atoms with Gasteiger partial charge in [-0.1, -0.05) is 52.9 Å². The van der Waals surface area contributed by atoms with Crippen molar-refractivity contribution in [3.05, 3.63) is 57.4 Å². The smallest absolute Gasteiger partial charge is 0.210 e. The van der Waals surface area contributed by atoms with E-state index in [0.717, 1.165) is 25.8 Å². The minimum atomic E-state index is 0.102. The number of halogens is 2. The van der Waals surface area contributed by atoms with Gasteiger partial charge in [0.1, 0.15) is 5.69 Å². The molecule has 88 valence electrons. The van der Waals surface area contributed by atoms with Crippen molar-refractivity contribution in [3.63, 3.8) is 0 Å². The number of rotatable bonds is 4. The molecule has 4 heteroatoms. The van der Waals surface area contributed by atoms with Gasteiger partial charge in [-0.25, -0.2) is 0 Å². The molecule has 1 heterocycles. The first kappa shape index (κ1) is 13.1. The van der Waals surface area contributed by atoms with E-state index in [1.54, 1.807) is 0 Å². The van der Waals surface area contributed by atoms with Crippen molar-refractivity contribution >= 4 is 51.0 Å². The van der Waals surface area contributed by atoms with Gasteiger partial charge in [-0.2, -0.15) is 0 Å². The molecule has 0 radical (unpaired) electrons. The van der Waals surface area contributed by atoms with E-state index in [2.05, 4.69) is 45.2 Å². The minimum absolute atomic E-state index is 0.102. The number of aryl methyl sites for hydroxylation is 1. The Labute approximate surface area is 128 Å². The van der Waals surface area contributed by atoms with Crippen molar-refractivity contribution in [2.75, 3.05) is 4.43 Å². The van der Waals surface area contributed by atoms with E-state index >= 15 is 0 Å². The summed E-state index contributed by atoms with van der Waals surface area (Å²) in [5.74, 6) is 0.102. The summed E-state index contributed by atoms with van der Waals surface area (Å²) in [6, 6.07) is 11.4. The quantitative estimate of drug-likeness (QED) is 0.395. The summed E-state index contributed by atoms with van der Waals surface area (Å²) < 4.78 is 4.04. The van der Waals surface area contributed by atoms with E-state index in [9.17, 15) is 4.79 Å². The van der Waals surface area contributed by atoms with Crippen molar-refractivity contribution in [2.24, 2.45) is 0 Å². The number of benzene rings is 1. The zero-order valence-electron chi connectivity index (χ0n) is 9.07. The first-order valence-electron chi connectivity index (χ1n) is 5.24. The second kappa shape index (κ2) is 5.99. The van der Waals surface area contributed by atoms with Crippen molar-refractivity contribution in [3.8, 4) is 0 Å². The molecule has 1 aromatic heterocycles. The summed E-state index contributed by atoms with van der Waals surface area (Å²) in [7, 11) is 0. The molecule has 0 aliphatic heterocycles. The summed E-state index contributed by atoms with van der Waals surface area (Å²) in [6.07, 6.45) is 1.98. The van der Waals surface area contributed by atoms with Gasteiger partial charge in [0.05, 0.1) is 0 Å². The standard InChI is InChI=1S/C13H11I2NO/c14-7-9-16-8-6-11(15)12(16)13(17)10-4-2-1-3-5-10/h1-6,8H,7,9H2. The summed E-state index contributed by atoms with van der Waals surface area (Å²) in [5.41, 5.74) is 1.55. The first-order valence-corrected chi connectivity index (χ1v) is 7.85. The Morgan fingerprint density at radius 3 is 2.53 bits per heavy atom. The predicted octanol–water partition coefficient (Wildman–Crippen LogP) is 3.76. The topological polar surface area (TPSA) is 22.0 Å². The van der Waals surface area contributed by atoms with Crippen molar-refractivity contribution in [1.29, 1.82) is 0 Å². The van der Waals surface area contributed by atoms with Gasteiger partial charge in [0.2, 0.25) is 5.78 Å². The highest BCUT2D eigenvalue weighted by Gasteiger charge is 2.16. The van der Waals surface area contributed by atoms with E-state index in [1.807, 2.05) is 47.2 Å². The average molecular weight is 451 g/mol. The second-order valence-electron chi connectivity index (χ2n) is 3.59. The molecule has 0 bridgehead atoms. The maximum atomic E-state index is 12.4. The number of carbonyl (C=O) groups is 1. The number of ketones is 1. The number of nitrogens with zero attached hydrogens (tertiary/aromatic N) is 1. The number of hydrogen-bond acceptors (Lipinski definition) is 1. The van der Waals surface area contributed by atoms with Gasteiger partial charge >= 0.3 is 0 Å². The number of hydrogen-bond donors (Lipinski definition) is 0. The van der Waals surface area contributed by atoms with Gasteiger partial charge in [0.25, 0.3) is 0 Å². The summed E-state index contributed by atoms with van der Waals surface area (Å²) in [6.45, 7) is 0.872. The molecule has 2 rings (SSSR count). The third-order valence-electron chi connectivity index (χ3n) is 2.49. The zero-order valence-corrected chi connectivity index (χ0v) is 13.4. The highest BCUT2D eigenvalue weighted by molar-refractivity contribution is 14.1. The lowest BCUT2D eigenvalue weighted by molar-refractivity contribution is 0.102. The van der Waals surface area contributed by atoms with Gasteiger partial charge in [0.15, 0.2) is 0 Å². The number of carbonyl (C=O) groups excluding carboxylic acids is 1. The highest BCUT2D eigenvalue weighted by atomic mass is 127. The molecule has 0 aliphatic carbocycles. The summed E-state index contributed by atoms with van der Waals surface area (Å²) in [4.78, 5) is 12.4. The van der Waals surface area contributed by atoms with Gasteiger partial charge in [-0.15, -0.1) is 0 Å². The Morgan fingerprint density at radius 2 is 1.88 bits per heavy atom.